The fourth-order valence-corrected chi connectivity index (χ4v) is 2.95. The summed E-state index contributed by atoms with van der Waals surface area (Å²) in [6.45, 7) is 0.486. The Kier molecular flexibility index (Phi) is 5.53. The zero-order chi connectivity index (χ0) is 20.3. The molecule has 2 amide bonds. The molecule has 5 nitrogen and oxygen atoms in total. The molecular weight excluding hydrogens is 378 g/mol. The number of hydrogen-bond donors (Lipinski definition) is 1. The van der Waals surface area contributed by atoms with Gasteiger partial charge >= 0.3 is 12.1 Å². The number of amides is 2. The van der Waals surface area contributed by atoms with Gasteiger partial charge in [0.1, 0.15) is 5.82 Å². The lowest BCUT2D eigenvalue weighted by Crippen LogP contribution is -2.52. The molecule has 1 fully saturated rings. The molecule has 0 aliphatic carbocycles. The second-order valence-corrected chi connectivity index (χ2v) is 6.26. The Balaban J connectivity index is 1.59. The number of piperazine rings is 1. The quantitative estimate of drug-likeness (QED) is 0.812. The zero-order valence-corrected chi connectivity index (χ0v) is 14.7. The molecule has 1 aliphatic heterocycles. The minimum Gasteiger partial charge on any atom is -0.368 e. The van der Waals surface area contributed by atoms with Crippen LogP contribution in [0.5, 0.6) is 0 Å². The lowest BCUT2D eigenvalue weighted by molar-refractivity contribution is -0.185. The summed E-state index contributed by atoms with van der Waals surface area (Å²) in [5.41, 5.74) is 1.14. The van der Waals surface area contributed by atoms with E-state index < -0.39 is 23.8 Å². The average molecular weight is 395 g/mol. The number of halogens is 4. The minimum atomic E-state index is -4.86. The number of rotatable bonds is 3. The number of anilines is 2. The molecular formula is C19H17F4N3O2. The second kappa shape index (κ2) is 7.87. The highest BCUT2D eigenvalue weighted by molar-refractivity contribution is 6.04. The SMILES string of the molecule is O=C(Nc1ccc(N2CCN(C(=O)C(F)(F)F)CC2)cc1)c1ccccc1F. The van der Waals surface area contributed by atoms with Crippen molar-refractivity contribution in [3.05, 3.63) is 59.9 Å². The number of carbonyl (C=O) groups is 2. The minimum absolute atomic E-state index is 0.0237. The summed E-state index contributed by atoms with van der Waals surface area (Å²) >= 11 is 0. The number of hydrogen-bond acceptors (Lipinski definition) is 3. The van der Waals surface area contributed by atoms with E-state index in [1.165, 1.54) is 18.2 Å². The van der Waals surface area contributed by atoms with Gasteiger partial charge in [0.05, 0.1) is 5.56 Å². The van der Waals surface area contributed by atoms with E-state index in [9.17, 15) is 27.2 Å². The normalized spacial score (nSPS) is 14.7. The standard InChI is InChI=1S/C19H17F4N3O2/c20-16-4-2-1-3-15(16)17(27)24-13-5-7-14(8-6-13)25-9-11-26(12-10-25)18(28)19(21,22)23/h1-8H,9-12H2,(H,24,27). The number of carbonyl (C=O) groups excluding carboxylic acids is 2. The average Bonchev–Trinajstić information content (AvgIpc) is 2.68. The molecule has 0 atom stereocenters. The van der Waals surface area contributed by atoms with Crippen LogP contribution in [0.15, 0.2) is 48.5 Å². The van der Waals surface area contributed by atoms with E-state index in [2.05, 4.69) is 5.32 Å². The van der Waals surface area contributed by atoms with Gasteiger partial charge in [-0.15, -0.1) is 0 Å². The topological polar surface area (TPSA) is 52.7 Å². The fourth-order valence-electron chi connectivity index (χ4n) is 2.95. The van der Waals surface area contributed by atoms with E-state index in [0.717, 1.165) is 10.6 Å². The molecule has 28 heavy (non-hydrogen) atoms. The molecule has 0 unspecified atom stereocenters. The van der Waals surface area contributed by atoms with Gasteiger partial charge in [-0.25, -0.2) is 4.39 Å². The first kappa shape index (κ1) is 19.7. The van der Waals surface area contributed by atoms with Gasteiger partial charge < -0.3 is 15.1 Å². The summed E-state index contributed by atoms with van der Waals surface area (Å²) in [5.74, 6) is -3.02. The van der Waals surface area contributed by atoms with Gasteiger partial charge in [-0.2, -0.15) is 13.2 Å². The van der Waals surface area contributed by atoms with Crippen LogP contribution in [0.25, 0.3) is 0 Å². The van der Waals surface area contributed by atoms with Crippen LogP contribution in [0.1, 0.15) is 10.4 Å². The third-order valence-electron chi connectivity index (χ3n) is 4.42. The maximum atomic E-state index is 13.6. The summed E-state index contributed by atoms with van der Waals surface area (Å²) in [6, 6.07) is 12.3. The van der Waals surface area contributed by atoms with E-state index in [1.54, 1.807) is 30.3 Å². The maximum Gasteiger partial charge on any atom is 0.471 e. The Morgan fingerprint density at radius 3 is 2.07 bits per heavy atom. The molecule has 148 valence electrons. The van der Waals surface area contributed by atoms with Crippen LogP contribution >= 0.6 is 0 Å². The first-order valence-electron chi connectivity index (χ1n) is 8.53. The van der Waals surface area contributed by atoms with Crippen molar-refractivity contribution in [1.29, 1.82) is 0 Å². The van der Waals surface area contributed by atoms with Crippen molar-refractivity contribution in [3.63, 3.8) is 0 Å². The molecule has 0 radical (unpaired) electrons. The van der Waals surface area contributed by atoms with Crippen molar-refractivity contribution in [1.82, 2.24) is 4.90 Å². The molecule has 0 saturated carbocycles. The van der Waals surface area contributed by atoms with Crippen LogP contribution in [0.4, 0.5) is 28.9 Å². The van der Waals surface area contributed by atoms with Crippen LogP contribution in [0, 0.1) is 5.82 Å². The Morgan fingerprint density at radius 1 is 0.893 bits per heavy atom. The van der Waals surface area contributed by atoms with Crippen LogP contribution in [-0.2, 0) is 4.79 Å². The smallest absolute Gasteiger partial charge is 0.368 e. The molecule has 9 heteroatoms. The van der Waals surface area contributed by atoms with Crippen LogP contribution < -0.4 is 10.2 Å². The van der Waals surface area contributed by atoms with Crippen LogP contribution in [0.2, 0.25) is 0 Å². The predicted molar refractivity (Wildman–Crippen MR) is 95.6 cm³/mol. The molecule has 1 heterocycles. The van der Waals surface area contributed by atoms with Crippen molar-refractivity contribution in [2.45, 2.75) is 6.18 Å². The van der Waals surface area contributed by atoms with E-state index in [0.29, 0.717) is 5.69 Å². The summed E-state index contributed by atoms with van der Waals surface area (Å²) in [6.07, 6.45) is -4.86. The summed E-state index contributed by atoms with van der Waals surface area (Å²) in [5, 5.41) is 2.59. The number of alkyl halides is 3. The van der Waals surface area contributed by atoms with Gasteiger partial charge in [-0.1, -0.05) is 12.1 Å². The lowest BCUT2D eigenvalue weighted by atomic mass is 10.2. The van der Waals surface area contributed by atoms with Crippen molar-refractivity contribution >= 4 is 23.2 Å². The van der Waals surface area contributed by atoms with Gasteiger partial charge in [0, 0.05) is 37.6 Å². The lowest BCUT2D eigenvalue weighted by Gasteiger charge is -2.36. The summed E-state index contributed by atoms with van der Waals surface area (Å²) in [7, 11) is 0. The van der Waals surface area contributed by atoms with Crippen molar-refractivity contribution in [2.24, 2.45) is 0 Å². The molecule has 1 N–H and O–H groups in total. The van der Waals surface area contributed by atoms with Crippen LogP contribution in [-0.4, -0.2) is 49.1 Å². The molecule has 1 aliphatic rings. The Bertz CT molecular complexity index is 860. The van der Waals surface area contributed by atoms with Gasteiger partial charge in [-0.05, 0) is 36.4 Å². The highest BCUT2D eigenvalue weighted by Crippen LogP contribution is 2.23. The van der Waals surface area contributed by atoms with Crippen molar-refractivity contribution in [2.75, 3.05) is 36.4 Å². The highest BCUT2D eigenvalue weighted by atomic mass is 19.4. The molecule has 0 bridgehead atoms. The van der Waals surface area contributed by atoms with E-state index >= 15 is 0 Å². The maximum absolute atomic E-state index is 13.6. The van der Waals surface area contributed by atoms with Crippen molar-refractivity contribution < 1.29 is 27.2 Å². The van der Waals surface area contributed by atoms with E-state index in [4.69, 9.17) is 0 Å². The Morgan fingerprint density at radius 2 is 1.50 bits per heavy atom. The van der Waals surface area contributed by atoms with E-state index in [1.807, 2.05) is 4.90 Å². The Hall–Kier alpha value is -3.10. The summed E-state index contributed by atoms with van der Waals surface area (Å²) < 4.78 is 51.1. The molecule has 1 saturated heterocycles. The summed E-state index contributed by atoms with van der Waals surface area (Å²) in [4.78, 5) is 26.0. The monoisotopic (exact) mass is 395 g/mol. The molecule has 2 aromatic rings. The molecule has 0 aromatic heterocycles. The largest absolute Gasteiger partial charge is 0.471 e. The predicted octanol–water partition coefficient (Wildman–Crippen LogP) is 3.29. The molecule has 3 rings (SSSR count). The van der Waals surface area contributed by atoms with Crippen molar-refractivity contribution in [3.8, 4) is 0 Å². The number of nitrogens with one attached hydrogen (secondary N) is 1. The van der Waals surface area contributed by atoms with E-state index in [-0.39, 0.29) is 31.7 Å². The highest BCUT2D eigenvalue weighted by Gasteiger charge is 2.43. The fraction of sp³-hybridized carbons (Fsp3) is 0.263. The van der Waals surface area contributed by atoms with Crippen LogP contribution in [0.3, 0.4) is 0 Å². The molecule has 2 aromatic carbocycles. The second-order valence-electron chi connectivity index (χ2n) is 6.26. The molecule has 0 spiro atoms. The number of benzene rings is 2. The number of nitrogens with zero attached hydrogens (tertiary/aromatic N) is 2. The first-order chi connectivity index (χ1) is 13.3. The zero-order valence-electron chi connectivity index (χ0n) is 14.7. The van der Waals surface area contributed by atoms with Gasteiger partial charge in [0.15, 0.2) is 0 Å². The van der Waals surface area contributed by atoms with Gasteiger partial charge in [0.25, 0.3) is 5.91 Å². The Labute approximate surface area is 158 Å². The third kappa shape index (κ3) is 4.41. The van der Waals surface area contributed by atoms with Gasteiger partial charge in [-0.3, -0.25) is 9.59 Å². The first-order valence-corrected chi connectivity index (χ1v) is 8.53. The van der Waals surface area contributed by atoms with Gasteiger partial charge in [0.2, 0.25) is 0 Å². The third-order valence-corrected chi connectivity index (χ3v) is 4.42.